The van der Waals surface area contributed by atoms with Crippen LogP contribution in [0, 0.1) is 0 Å². The molecule has 43 heavy (non-hydrogen) atoms. The largest absolute Gasteiger partial charge is 0.497 e. The fourth-order valence-electron chi connectivity index (χ4n) is 4.54. The number of hydrogen-bond donors (Lipinski definition) is 1. The van der Waals surface area contributed by atoms with Crippen LogP contribution < -0.4 is 14.4 Å². The van der Waals surface area contributed by atoms with Crippen LogP contribution in [0.15, 0.2) is 108 Å². The van der Waals surface area contributed by atoms with Crippen LogP contribution in [0.1, 0.15) is 11.1 Å². The molecule has 0 spiro atoms. The van der Waals surface area contributed by atoms with Crippen LogP contribution >= 0.6 is 23.2 Å². The van der Waals surface area contributed by atoms with Crippen molar-refractivity contribution in [3.63, 3.8) is 0 Å². The van der Waals surface area contributed by atoms with Gasteiger partial charge in [0.2, 0.25) is 11.8 Å². The van der Waals surface area contributed by atoms with Gasteiger partial charge in [-0.2, -0.15) is 0 Å². The highest BCUT2D eigenvalue weighted by Crippen LogP contribution is 2.28. The van der Waals surface area contributed by atoms with E-state index in [1.54, 1.807) is 36.4 Å². The summed E-state index contributed by atoms with van der Waals surface area (Å²) in [6.45, 7) is -0.622. The maximum atomic E-state index is 14.3. The molecule has 0 unspecified atom stereocenters. The van der Waals surface area contributed by atoms with Gasteiger partial charge >= 0.3 is 0 Å². The first kappa shape index (κ1) is 31.9. The Labute approximate surface area is 261 Å². The van der Waals surface area contributed by atoms with Gasteiger partial charge in [0.05, 0.1) is 17.7 Å². The molecule has 0 saturated carbocycles. The zero-order valence-corrected chi connectivity index (χ0v) is 25.9. The van der Waals surface area contributed by atoms with E-state index in [9.17, 15) is 18.0 Å². The summed E-state index contributed by atoms with van der Waals surface area (Å²) in [7, 11) is -1.28. The van der Waals surface area contributed by atoms with Crippen LogP contribution in [0.25, 0.3) is 0 Å². The quantitative estimate of drug-likeness (QED) is 0.218. The van der Waals surface area contributed by atoms with Gasteiger partial charge < -0.3 is 15.0 Å². The minimum absolute atomic E-state index is 0.0273. The number of amides is 2. The van der Waals surface area contributed by atoms with Crippen LogP contribution in [0.2, 0.25) is 10.0 Å². The Morgan fingerprint density at radius 1 is 0.860 bits per heavy atom. The molecule has 0 saturated heterocycles. The summed E-state index contributed by atoms with van der Waals surface area (Å²) < 4.78 is 34.2. The minimum atomic E-state index is -4.25. The van der Waals surface area contributed by atoms with Crippen LogP contribution in [-0.2, 0) is 32.6 Å². The maximum Gasteiger partial charge on any atom is 0.264 e. The molecule has 8 nitrogen and oxygen atoms in total. The highest BCUT2D eigenvalue weighted by Gasteiger charge is 2.34. The number of benzene rings is 4. The van der Waals surface area contributed by atoms with E-state index < -0.39 is 34.4 Å². The van der Waals surface area contributed by atoms with E-state index in [1.165, 1.54) is 55.5 Å². The zero-order chi connectivity index (χ0) is 31.0. The van der Waals surface area contributed by atoms with E-state index >= 15 is 0 Å². The second-order valence-corrected chi connectivity index (χ2v) is 12.3. The Morgan fingerprint density at radius 2 is 1.49 bits per heavy atom. The lowest BCUT2D eigenvalue weighted by Crippen LogP contribution is -2.53. The molecule has 4 rings (SSSR count). The van der Waals surface area contributed by atoms with Gasteiger partial charge in [0.1, 0.15) is 18.3 Å². The highest BCUT2D eigenvalue weighted by molar-refractivity contribution is 7.92. The van der Waals surface area contributed by atoms with E-state index in [0.29, 0.717) is 21.4 Å². The van der Waals surface area contributed by atoms with Crippen molar-refractivity contribution in [2.75, 3.05) is 25.0 Å². The molecule has 11 heteroatoms. The highest BCUT2D eigenvalue weighted by atomic mass is 35.5. The van der Waals surface area contributed by atoms with Crippen LogP contribution in [0.4, 0.5) is 5.69 Å². The van der Waals surface area contributed by atoms with Gasteiger partial charge in [0, 0.05) is 30.1 Å². The molecule has 1 atom stereocenters. The number of anilines is 1. The molecule has 0 aromatic heterocycles. The second kappa shape index (κ2) is 14.4. The normalized spacial score (nSPS) is 11.8. The molecule has 0 bridgehead atoms. The van der Waals surface area contributed by atoms with Gasteiger partial charge in [0.15, 0.2) is 0 Å². The third-order valence-corrected chi connectivity index (χ3v) is 9.27. The fourth-order valence-corrected chi connectivity index (χ4v) is 6.28. The molecule has 224 valence electrons. The Kier molecular flexibility index (Phi) is 10.7. The number of carbonyl (C=O) groups excluding carboxylic acids is 2. The van der Waals surface area contributed by atoms with Gasteiger partial charge in [-0.25, -0.2) is 8.42 Å². The molecular formula is C32H31Cl2N3O5S. The molecule has 0 aliphatic heterocycles. The lowest BCUT2D eigenvalue weighted by Gasteiger charge is -2.33. The van der Waals surface area contributed by atoms with Gasteiger partial charge in [-0.3, -0.25) is 13.9 Å². The van der Waals surface area contributed by atoms with Crippen molar-refractivity contribution in [1.82, 2.24) is 10.2 Å². The van der Waals surface area contributed by atoms with Crippen molar-refractivity contribution < 1.29 is 22.7 Å². The number of halogens is 2. The average molecular weight is 641 g/mol. The predicted octanol–water partition coefficient (Wildman–Crippen LogP) is 5.58. The predicted molar refractivity (Wildman–Crippen MR) is 169 cm³/mol. The SMILES string of the molecule is CNC(=O)[C@@H](Cc1ccccc1)N(Cc1ccccc1Cl)C(=O)CN(c1ccc(Cl)cc1)S(=O)(=O)c1ccc(OC)cc1. The number of methoxy groups -OCH3 is 1. The number of hydrogen-bond acceptors (Lipinski definition) is 5. The lowest BCUT2D eigenvalue weighted by atomic mass is 10.0. The topological polar surface area (TPSA) is 96.0 Å². The Bertz CT molecular complexity index is 1650. The number of ether oxygens (including phenoxy) is 1. The molecule has 2 amide bonds. The van der Waals surface area contributed by atoms with Gasteiger partial charge in [-0.05, 0) is 65.7 Å². The van der Waals surface area contributed by atoms with Gasteiger partial charge in [0.25, 0.3) is 10.0 Å². The smallest absolute Gasteiger partial charge is 0.264 e. The Hall–Kier alpha value is -4.05. The van der Waals surface area contributed by atoms with Gasteiger partial charge in [-0.1, -0.05) is 71.7 Å². The Balaban J connectivity index is 1.79. The molecular weight excluding hydrogens is 609 g/mol. The lowest BCUT2D eigenvalue weighted by molar-refractivity contribution is -0.139. The molecule has 0 aliphatic rings. The zero-order valence-electron chi connectivity index (χ0n) is 23.6. The molecule has 4 aromatic rings. The summed E-state index contributed by atoms with van der Waals surface area (Å²) in [5.41, 5.74) is 1.66. The number of nitrogens with one attached hydrogen (secondary N) is 1. The molecule has 4 aromatic carbocycles. The summed E-state index contributed by atoms with van der Waals surface area (Å²) in [5, 5.41) is 3.47. The molecule has 1 N–H and O–H groups in total. The van der Waals surface area contributed by atoms with E-state index in [1.807, 2.05) is 30.3 Å². The first-order valence-corrected chi connectivity index (χ1v) is 15.5. The molecule has 0 aliphatic carbocycles. The first-order chi connectivity index (χ1) is 20.6. The van der Waals surface area contributed by atoms with Crippen molar-refractivity contribution >= 4 is 50.7 Å². The molecule has 0 fully saturated rings. The van der Waals surface area contributed by atoms with Crippen molar-refractivity contribution in [3.8, 4) is 5.75 Å². The van der Waals surface area contributed by atoms with E-state index in [4.69, 9.17) is 27.9 Å². The first-order valence-electron chi connectivity index (χ1n) is 13.3. The molecule has 0 heterocycles. The molecule has 0 radical (unpaired) electrons. The third-order valence-electron chi connectivity index (χ3n) is 6.86. The van der Waals surface area contributed by atoms with Crippen LogP contribution in [0.5, 0.6) is 5.75 Å². The van der Waals surface area contributed by atoms with Crippen LogP contribution in [-0.4, -0.2) is 51.9 Å². The van der Waals surface area contributed by atoms with Crippen molar-refractivity contribution in [1.29, 1.82) is 0 Å². The van der Waals surface area contributed by atoms with E-state index in [0.717, 1.165) is 9.87 Å². The standard InChI is InChI=1S/C32H31Cl2N3O5S/c1-35-32(39)30(20-23-8-4-3-5-9-23)36(21-24-10-6-7-11-29(24)34)31(38)22-37(26-14-12-25(33)13-15-26)43(40,41)28-18-16-27(42-2)17-19-28/h3-19,30H,20-22H2,1-2H3,(H,35,39)/t30-/m1/s1. The average Bonchev–Trinajstić information content (AvgIpc) is 3.02. The fraction of sp³-hybridized carbons (Fsp3) is 0.188. The van der Waals surface area contributed by atoms with Crippen LogP contribution in [0.3, 0.4) is 0 Å². The third kappa shape index (κ3) is 7.87. The number of carbonyl (C=O) groups is 2. The number of nitrogens with zero attached hydrogens (tertiary/aromatic N) is 2. The summed E-state index contributed by atoms with van der Waals surface area (Å²) in [6.07, 6.45) is 0.197. The van der Waals surface area contributed by atoms with E-state index in [-0.39, 0.29) is 23.5 Å². The monoisotopic (exact) mass is 639 g/mol. The summed E-state index contributed by atoms with van der Waals surface area (Å²) >= 11 is 12.6. The Morgan fingerprint density at radius 3 is 2.09 bits per heavy atom. The van der Waals surface area contributed by atoms with Gasteiger partial charge in [-0.15, -0.1) is 0 Å². The van der Waals surface area contributed by atoms with E-state index in [2.05, 4.69) is 5.32 Å². The van der Waals surface area contributed by atoms with Crippen molar-refractivity contribution in [2.24, 2.45) is 0 Å². The number of sulfonamides is 1. The second-order valence-electron chi connectivity index (χ2n) is 9.60. The van der Waals surface area contributed by atoms with Crippen molar-refractivity contribution in [2.45, 2.75) is 23.9 Å². The summed E-state index contributed by atoms with van der Waals surface area (Å²) in [6, 6.07) is 27.3. The summed E-state index contributed by atoms with van der Waals surface area (Å²) in [4.78, 5) is 28.9. The minimum Gasteiger partial charge on any atom is -0.497 e. The number of rotatable bonds is 12. The summed E-state index contributed by atoms with van der Waals surface area (Å²) in [5.74, 6) is -0.523. The number of likely N-dealkylation sites (N-methyl/N-ethyl adjacent to an activating group) is 1. The maximum absolute atomic E-state index is 14.3. The van der Waals surface area contributed by atoms with Crippen molar-refractivity contribution in [3.05, 3.63) is 124 Å².